The number of hydrogen-bond donors (Lipinski definition) is 3. The van der Waals surface area contributed by atoms with Crippen molar-refractivity contribution in [2.24, 2.45) is 16.5 Å². The Morgan fingerprint density at radius 3 is 2.82 bits per heavy atom. The van der Waals surface area contributed by atoms with Crippen LogP contribution in [0.3, 0.4) is 0 Å². The van der Waals surface area contributed by atoms with E-state index in [9.17, 15) is 10.1 Å². The number of non-ortho nitro benzene ring substituents is 1. The predicted molar refractivity (Wildman–Crippen MR) is 108 cm³/mol. The van der Waals surface area contributed by atoms with Crippen molar-refractivity contribution in [1.29, 1.82) is 0 Å². The van der Waals surface area contributed by atoms with Gasteiger partial charge in [0, 0.05) is 23.9 Å². The van der Waals surface area contributed by atoms with Gasteiger partial charge in [-0.05, 0) is 25.0 Å². The summed E-state index contributed by atoms with van der Waals surface area (Å²) < 4.78 is 7.34. The van der Waals surface area contributed by atoms with Gasteiger partial charge < -0.3 is 26.1 Å². The number of methoxy groups -OCH3 is 1. The van der Waals surface area contributed by atoms with Gasteiger partial charge in [-0.2, -0.15) is 0 Å². The third kappa shape index (κ3) is 3.79. The van der Waals surface area contributed by atoms with Gasteiger partial charge in [-0.25, -0.2) is 4.99 Å². The van der Waals surface area contributed by atoms with Gasteiger partial charge in [0.15, 0.2) is 11.6 Å². The van der Waals surface area contributed by atoms with E-state index in [2.05, 4.69) is 17.2 Å². The second-order valence-corrected chi connectivity index (χ2v) is 6.96. The monoisotopic (exact) mass is 386 g/mol. The molecule has 0 aliphatic carbocycles. The zero-order valence-corrected chi connectivity index (χ0v) is 16.1. The molecule has 2 heterocycles. The average molecular weight is 386 g/mol. The van der Waals surface area contributed by atoms with E-state index in [-0.39, 0.29) is 11.6 Å². The van der Waals surface area contributed by atoms with Crippen molar-refractivity contribution < 1.29 is 9.66 Å². The number of nitrogens with one attached hydrogen (secondary N) is 1. The van der Waals surface area contributed by atoms with Gasteiger partial charge in [0.05, 0.1) is 30.0 Å². The van der Waals surface area contributed by atoms with Gasteiger partial charge in [-0.1, -0.05) is 19.8 Å². The number of nitrogens with two attached hydrogens (primary N) is 2. The van der Waals surface area contributed by atoms with Crippen LogP contribution in [-0.4, -0.2) is 22.6 Å². The molecule has 0 saturated heterocycles. The van der Waals surface area contributed by atoms with E-state index in [4.69, 9.17) is 16.2 Å². The number of guanidine groups is 1. The highest BCUT2D eigenvalue weighted by Gasteiger charge is 2.36. The molecule has 9 heteroatoms. The summed E-state index contributed by atoms with van der Waals surface area (Å²) in [6, 6.07) is 6.45. The number of rotatable bonds is 8. The van der Waals surface area contributed by atoms with Crippen molar-refractivity contribution in [3.05, 3.63) is 51.8 Å². The largest absolute Gasteiger partial charge is 0.496 e. The number of nitrogens with zero attached hydrogens (tertiary/aromatic N) is 3. The number of aliphatic imine (C=N–C) groups is 1. The van der Waals surface area contributed by atoms with Crippen LogP contribution in [0.2, 0.25) is 0 Å². The van der Waals surface area contributed by atoms with Gasteiger partial charge in [-0.3, -0.25) is 10.1 Å². The molecule has 28 heavy (non-hydrogen) atoms. The summed E-state index contributed by atoms with van der Waals surface area (Å²) in [5.74, 6) is 0.866. The number of anilines is 1. The van der Waals surface area contributed by atoms with Gasteiger partial charge in [0.1, 0.15) is 5.75 Å². The van der Waals surface area contributed by atoms with E-state index in [0.717, 1.165) is 30.6 Å². The maximum Gasteiger partial charge on any atom is 0.270 e. The lowest BCUT2D eigenvalue weighted by molar-refractivity contribution is -0.384. The molecule has 0 saturated carbocycles. The van der Waals surface area contributed by atoms with Crippen molar-refractivity contribution >= 4 is 17.3 Å². The molecular weight excluding hydrogens is 360 g/mol. The summed E-state index contributed by atoms with van der Waals surface area (Å²) in [5, 5.41) is 14.2. The Hall–Kier alpha value is -3.07. The predicted octanol–water partition coefficient (Wildman–Crippen LogP) is 2.89. The van der Waals surface area contributed by atoms with E-state index in [1.165, 1.54) is 12.1 Å². The molecule has 0 spiro atoms. The van der Waals surface area contributed by atoms with Crippen molar-refractivity contribution in [3.8, 4) is 5.75 Å². The number of nitro benzene ring substituents is 1. The van der Waals surface area contributed by atoms with Crippen molar-refractivity contribution in [3.63, 3.8) is 0 Å². The number of unbranched alkanes of at least 4 members (excludes halogenated alkanes) is 2. The molecule has 1 aromatic carbocycles. The highest BCUT2D eigenvalue weighted by molar-refractivity contribution is 5.95. The molecule has 5 N–H and O–H groups in total. The first-order valence-electron chi connectivity index (χ1n) is 9.30. The highest BCUT2D eigenvalue weighted by Crippen LogP contribution is 2.37. The molecule has 1 unspecified atom stereocenters. The minimum absolute atomic E-state index is 0.0131. The fraction of sp³-hybridized carbons (Fsp3) is 0.421. The van der Waals surface area contributed by atoms with Crippen LogP contribution in [0, 0.1) is 10.1 Å². The topological polar surface area (TPSA) is 134 Å². The number of benzene rings is 1. The standard InChI is InChI=1S/C19H26N6O3/c1-3-4-5-9-19(21)17-15(22-18(20)23-19)8-10-24(17)12-13-11-14(25(26)27)6-7-16(13)28-2/h6-8,10-11H,3-5,9,12,21H2,1-2H3,(H3,20,22,23). The van der Waals surface area contributed by atoms with Crippen molar-refractivity contribution in [2.75, 3.05) is 12.4 Å². The van der Waals surface area contributed by atoms with Crippen LogP contribution >= 0.6 is 0 Å². The molecule has 0 radical (unpaired) electrons. The second kappa shape index (κ2) is 7.89. The van der Waals surface area contributed by atoms with Gasteiger partial charge in [-0.15, -0.1) is 0 Å². The molecule has 1 aliphatic heterocycles. The SMILES string of the molecule is CCCCCC1(N)N=C(N)Nc2ccn(Cc3cc([N+](=O)[O-])ccc3OC)c21. The molecule has 0 amide bonds. The van der Waals surface area contributed by atoms with Crippen molar-refractivity contribution in [1.82, 2.24) is 4.57 Å². The quantitative estimate of drug-likeness (QED) is 0.363. The first-order chi connectivity index (χ1) is 13.4. The summed E-state index contributed by atoms with van der Waals surface area (Å²) in [4.78, 5) is 15.2. The number of nitro groups is 1. The minimum Gasteiger partial charge on any atom is -0.496 e. The van der Waals surface area contributed by atoms with E-state index in [0.29, 0.717) is 24.3 Å². The Kier molecular flexibility index (Phi) is 5.55. The van der Waals surface area contributed by atoms with Crippen molar-refractivity contribution in [2.45, 2.75) is 44.8 Å². The molecule has 3 rings (SSSR count). The Morgan fingerprint density at radius 2 is 2.14 bits per heavy atom. The highest BCUT2D eigenvalue weighted by atomic mass is 16.6. The van der Waals surface area contributed by atoms with Gasteiger partial charge >= 0.3 is 0 Å². The minimum atomic E-state index is -0.947. The van der Waals surface area contributed by atoms with Crippen LogP contribution in [0.1, 0.15) is 43.9 Å². The Bertz CT molecular complexity index is 907. The first kappa shape index (κ1) is 19.7. The van der Waals surface area contributed by atoms with E-state index < -0.39 is 10.6 Å². The maximum absolute atomic E-state index is 11.2. The molecule has 150 valence electrons. The molecule has 1 aromatic heterocycles. The lowest BCUT2D eigenvalue weighted by Crippen LogP contribution is -2.44. The Balaban J connectivity index is 1.99. The summed E-state index contributed by atoms with van der Waals surface area (Å²) in [5.41, 5.74) is 14.0. The zero-order chi connectivity index (χ0) is 20.3. The fourth-order valence-corrected chi connectivity index (χ4v) is 3.63. The summed E-state index contributed by atoms with van der Waals surface area (Å²) >= 11 is 0. The van der Waals surface area contributed by atoms with Crippen LogP contribution in [0.4, 0.5) is 11.4 Å². The van der Waals surface area contributed by atoms with Crippen LogP contribution in [0.5, 0.6) is 5.75 Å². The molecule has 9 nitrogen and oxygen atoms in total. The second-order valence-electron chi connectivity index (χ2n) is 6.96. The van der Waals surface area contributed by atoms with E-state index in [1.807, 2.05) is 16.8 Å². The summed E-state index contributed by atoms with van der Waals surface area (Å²) in [6.45, 7) is 2.50. The Morgan fingerprint density at radius 1 is 1.36 bits per heavy atom. The molecular formula is C19H26N6O3. The van der Waals surface area contributed by atoms with Crippen LogP contribution in [-0.2, 0) is 12.2 Å². The van der Waals surface area contributed by atoms with Gasteiger partial charge in [0.25, 0.3) is 5.69 Å². The third-order valence-corrected chi connectivity index (χ3v) is 4.93. The number of ether oxygens (including phenoxy) is 1. The van der Waals surface area contributed by atoms with Crippen LogP contribution in [0.25, 0.3) is 0 Å². The summed E-state index contributed by atoms with van der Waals surface area (Å²) in [7, 11) is 1.54. The Labute approximate surface area is 163 Å². The molecule has 1 aliphatic rings. The lowest BCUT2D eigenvalue weighted by Gasteiger charge is -2.32. The fourth-order valence-electron chi connectivity index (χ4n) is 3.63. The lowest BCUT2D eigenvalue weighted by atomic mass is 9.97. The third-order valence-electron chi connectivity index (χ3n) is 4.93. The van der Waals surface area contributed by atoms with E-state index in [1.54, 1.807) is 13.2 Å². The molecule has 2 aromatic rings. The maximum atomic E-state index is 11.2. The average Bonchev–Trinajstić information content (AvgIpc) is 3.05. The molecule has 0 fully saturated rings. The molecule has 1 atom stereocenters. The van der Waals surface area contributed by atoms with Crippen LogP contribution in [0.15, 0.2) is 35.5 Å². The number of hydrogen-bond acceptors (Lipinski definition) is 7. The van der Waals surface area contributed by atoms with E-state index >= 15 is 0 Å². The smallest absolute Gasteiger partial charge is 0.270 e. The number of aromatic nitrogens is 1. The zero-order valence-electron chi connectivity index (χ0n) is 16.1. The first-order valence-corrected chi connectivity index (χ1v) is 9.30. The van der Waals surface area contributed by atoms with Gasteiger partial charge in [0.2, 0.25) is 0 Å². The summed E-state index contributed by atoms with van der Waals surface area (Å²) in [6.07, 6.45) is 5.59. The normalized spacial score (nSPS) is 18.2. The molecule has 0 bridgehead atoms. The number of fused-ring (bicyclic) bond motifs is 1. The van der Waals surface area contributed by atoms with Crippen LogP contribution < -0.4 is 21.5 Å².